The van der Waals surface area contributed by atoms with Crippen LogP contribution in [0.5, 0.6) is 0 Å². The van der Waals surface area contributed by atoms with Crippen LogP contribution in [0.3, 0.4) is 0 Å². The molecule has 2 atom stereocenters. The molecule has 0 aliphatic carbocycles. The van der Waals surface area contributed by atoms with E-state index in [0.29, 0.717) is 17.2 Å². The number of aromatic amines is 1. The van der Waals surface area contributed by atoms with Gasteiger partial charge in [0, 0.05) is 24.3 Å². The molecule has 3 rings (SSSR count). The second-order valence-electron chi connectivity index (χ2n) is 5.41. The summed E-state index contributed by atoms with van der Waals surface area (Å²) in [5, 5.41) is 16.6. The van der Waals surface area contributed by atoms with Gasteiger partial charge in [0.1, 0.15) is 5.65 Å². The van der Waals surface area contributed by atoms with Crippen molar-refractivity contribution in [2.75, 3.05) is 13.1 Å². The monoisotopic (exact) mass is 317 g/mol. The number of hydrogen-bond acceptors (Lipinski definition) is 4. The van der Waals surface area contributed by atoms with E-state index in [4.69, 9.17) is 16.9 Å². The van der Waals surface area contributed by atoms with E-state index in [1.54, 1.807) is 18.5 Å². The third-order valence-corrected chi connectivity index (χ3v) is 4.26. The number of hydrogen-bond donors (Lipinski definition) is 3. The summed E-state index contributed by atoms with van der Waals surface area (Å²) in [6.07, 6.45) is 4.34. The highest BCUT2D eigenvalue weighted by Crippen LogP contribution is 2.25. The van der Waals surface area contributed by atoms with E-state index >= 15 is 0 Å². The molecule has 6 nitrogen and oxygen atoms in total. The number of carbonyl (C=O) groups excluding carboxylic acids is 1. The first kappa shape index (κ1) is 14.8. The lowest BCUT2D eigenvalue weighted by Crippen LogP contribution is -2.51. The molecule has 1 saturated heterocycles. The molecule has 0 radical (unpaired) electrons. The Hall–Kier alpha value is -2.10. The zero-order valence-corrected chi connectivity index (χ0v) is 12.7. The predicted octanol–water partition coefficient (Wildman–Crippen LogP) is 1.38. The highest BCUT2D eigenvalue weighted by molar-refractivity contribution is 6.35. The SMILES string of the molecule is N#CC1CCNCC1NC(=O)Cc1c[nH]c2nccc(Cl)c12. The first-order valence-corrected chi connectivity index (χ1v) is 7.57. The number of nitriles is 1. The zero-order chi connectivity index (χ0) is 15.5. The maximum Gasteiger partial charge on any atom is 0.224 e. The van der Waals surface area contributed by atoms with E-state index in [2.05, 4.69) is 26.7 Å². The molecule has 3 N–H and O–H groups in total. The van der Waals surface area contributed by atoms with E-state index in [9.17, 15) is 4.79 Å². The highest BCUT2D eigenvalue weighted by Gasteiger charge is 2.26. The average Bonchev–Trinajstić information content (AvgIpc) is 2.92. The average molecular weight is 318 g/mol. The van der Waals surface area contributed by atoms with Crippen LogP contribution in [0, 0.1) is 17.2 Å². The number of amides is 1. The molecule has 22 heavy (non-hydrogen) atoms. The molecule has 0 saturated carbocycles. The van der Waals surface area contributed by atoms with Crippen molar-refractivity contribution >= 4 is 28.5 Å². The number of fused-ring (bicyclic) bond motifs is 1. The van der Waals surface area contributed by atoms with E-state index in [0.717, 1.165) is 23.9 Å². The maximum atomic E-state index is 12.3. The first-order valence-electron chi connectivity index (χ1n) is 7.19. The van der Waals surface area contributed by atoms with Gasteiger partial charge in [-0.3, -0.25) is 4.79 Å². The van der Waals surface area contributed by atoms with Gasteiger partial charge in [-0.05, 0) is 24.6 Å². The molecule has 2 aromatic heterocycles. The normalized spacial score (nSPS) is 21.5. The van der Waals surface area contributed by atoms with Crippen LogP contribution in [0.4, 0.5) is 0 Å². The molecule has 0 bridgehead atoms. The number of nitrogens with zero attached hydrogens (tertiary/aromatic N) is 2. The largest absolute Gasteiger partial charge is 0.350 e. The van der Waals surface area contributed by atoms with Crippen LogP contribution in [-0.4, -0.2) is 35.0 Å². The minimum atomic E-state index is -0.148. The van der Waals surface area contributed by atoms with Gasteiger partial charge >= 0.3 is 0 Å². The summed E-state index contributed by atoms with van der Waals surface area (Å²) in [5.74, 6) is -0.256. The third-order valence-electron chi connectivity index (χ3n) is 3.95. The summed E-state index contributed by atoms with van der Waals surface area (Å²) < 4.78 is 0. The molecule has 1 aliphatic heterocycles. The van der Waals surface area contributed by atoms with Crippen LogP contribution in [0.15, 0.2) is 18.5 Å². The molecule has 0 aromatic carbocycles. The summed E-state index contributed by atoms with van der Waals surface area (Å²) in [6, 6.07) is 3.82. The van der Waals surface area contributed by atoms with Gasteiger partial charge in [-0.15, -0.1) is 0 Å². The molecule has 1 aliphatic rings. The Bertz CT molecular complexity index is 735. The number of piperidine rings is 1. The fourth-order valence-electron chi connectivity index (χ4n) is 2.82. The van der Waals surface area contributed by atoms with Crippen molar-refractivity contribution in [2.45, 2.75) is 18.9 Å². The van der Waals surface area contributed by atoms with E-state index in [1.807, 2.05) is 0 Å². The Morgan fingerprint density at radius 1 is 1.59 bits per heavy atom. The van der Waals surface area contributed by atoms with Crippen molar-refractivity contribution in [1.82, 2.24) is 20.6 Å². The number of halogens is 1. The third kappa shape index (κ3) is 2.91. The van der Waals surface area contributed by atoms with Crippen molar-refractivity contribution < 1.29 is 4.79 Å². The summed E-state index contributed by atoms with van der Waals surface area (Å²) in [6.45, 7) is 1.44. The molecule has 2 unspecified atom stereocenters. The van der Waals surface area contributed by atoms with Crippen molar-refractivity contribution in [3.05, 3.63) is 29.0 Å². The van der Waals surface area contributed by atoms with Gasteiger partial charge in [-0.25, -0.2) is 4.98 Å². The molecular formula is C15H16ClN5O. The van der Waals surface area contributed by atoms with Gasteiger partial charge < -0.3 is 15.6 Å². The van der Waals surface area contributed by atoms with Crippen LogP contribution < -0.4 is 10.6 Å². The Kier molecular flexibility index (Phi) is 4.27. The summed E-state index contributed by atoms with van der Waals surface area (Å²) in [4.78, 5) is 19.5. The Labute approximate surface area is 132 Å². The van der Waals surface area contributed by atoms with Crippen LogP contribution >= 0.6 is 11.6 Å². The summed E-state index contributed by atoms with van der Waals surface area (Å²) in [7, 11) is 0. The molecule has 1 amide bonds. The van der Waals surface area contributed by atoms with Gasteiger partial charge in [-0.1, -0.05) is 11.6 Å². The van der Waals surface area contributed by atoms with Gasteiger partial charge in [0.05, 0.1) is 29.5 Å². The predicted molar refractivity (Wildman–Crippen MR) is 83.3 cm³/mol. The minimum Gasteiger partial charge on any atom is -0.350 e. The number of carbonyl (C=O) groups is 1. The van der Waals surface area contributed by atoms with Crippen LogP contribution in [-0.2, 0) is 11.2 Å². The van der Waals surface area contributed by atoms with Crippen LogP contribution in [0.25, 0.3) is 11.0 Å². The van der Waals surface area contributed by atoms with Gasteiger partial charge in [0.2, 0.25) is 5.91 Å². The van der Waals surface area contributed by atoms with E-state index in [-0.39, 0.29) is 24.3 Å². The standard InChI is InChI=1S/C15H16ClN5O/c16-11-2-4-19-15-14(11)10(7-20-15)5-13(22)21-12-8-18-3-1-9(12)6-17/h2,4,7,9,12,18H,1,3,5,8H2,(H,19,20)(H,21,22). The van der Waals surface area contributed by atoms with Crippen LogP contribution in [0.1, 0.15) is 12.0 Å². The summed E-state index contributed by atoms with van der Waals surface area (Å²) >= 11 is 6.18. The first-order chi connectivity index (χ1) is 10.7. The molecule has 1 fully saturated rings. The lowest BCUT2D eigenvalue weighted by atomic mass is 9.94. The number of rotatable bonds is 3. The fraction of sp³-hybridized carbons (Fsp3) is 0.400. The minimum absolute atomic E-state index is 0.116. The zero-order valence-electron chi connectivity index (χ0n) is 11.9. The summed E-state index contributed by atoms with van der Waals surface area (Å²) in [5.41, 5.74) is 1.48. The lowest BCUT2D eigenvalue weighted by molar-refractivity contribution is -0.121. The van der Waals surface area contributed by atoms with Gasteiger partial charge in [-0.2, -0.15) is 5.26 Å². The molecule has 0 spiro atoms. The van der Waals surface area contributed by atoms with Crippen molar-refractivity contribution in [3.8, 4) is 6.07 Å². The Balaban J connectivity index is 1.72. The van der Waals surface area contributed by atoms with Crippen LogP contribution in [0.2, 0.25) is 5.02 Å². The Morgan fingerprint density at radius 3 is 3.27 bits per heavy atom. The smallest absolute Gasteiger partial charge is 0.224 e. The molecule has 114 valence electrons. The topological polar surface area (TPSA) is 93.6 Å². The van der Waals surface area contributed by atoms with E-state index in [1.165, 1.54) is 0 Å². The molecular weight excluding hydrogens is 302 g/mol. The number of H-pyrrole nitrogens is 1. The van der Waals surface area contributed by atoms with Crippen molar-refractivity contribution in [2.24, 2.45) is 5.92 Å². The molecule has 7 heteroatoms. The quantitative estimate of drug-likeness (QED) is 0.797. The van der Waals surface area contributed by atoms with Gasteiger partial charge in [0.25, 0.3) is 0 Å². The number of nitrogens with one attached hydrogen (secondary N) is 3. The number of aromatic nitrogens is 2. The van der Waals surface area contributed by atoms with E-state index < -0.39 is 0 Å². The molecule has 3 heterocycles. The second kappa shape index (κ2) is 6.34. The van der Waals surface area contributed by atoms with Crippen molar-refractivity contribution in [1.29, 1.82) is 5.26 Å². The van der Waals surface area contributed by atoms with Gasteiger partial charge in [0.15, 0.2) is 0 Å². The van der Waals surface area contributed by atoms with Crippen molar-refractivity contribution in [3.63, 3.8) is 0 Å². The maximum absolute atomic E-state index is 12.3. The Morgan fingerprint density at radius 2 is 2.45 bits per heavy atom. The lowest BCUT2D eigenvalue weighted by Gasteiger charge is -2.28. The number of pyridine rings is 1. The fourth-order valence-corrected chi connectivity index (χ4v) is 3.08. The highest BCUT2D eigenvalue weighted by atomic mass is 35.5. The second-order valence-corrected chi connectivity index (χ2v) is 5.82. The molecule has 2 aromatic rings.